The highest BCUT2D eigenvalue weighted by molar-refractivity contribution is 14.1. The molecule has 0 saturated carbocycles. The summed E-state index contributed by atoms with van der Waals surface area (Å²) in [5.41, 5.74) is 1.13. The molecule has 0 N–H and O–H groups in total. The molecule has 0 aromatic heterocycles. The molecule has 16 nitrogen and oxygen atoms in total. The largest absolute Gasteiger partial charge is 0.550 e. The minimum Gasteiger partial charge on any atom is -0.550 e. The van der Waals surface area contributed by atoms with E-state index in [4.69, 9.17) is 14.2 Å². The van der Waals surface area contributed by atoms with Crippen LogP contribution in [0.15, 0.2) is 496 Å². The quantitative estimate of drug-likeness (QED) is 0.0160. The van der Waals surface area contributed by atoms with Crippen molar-refractivity contribution >= 4 is 362 Å². The number of carbonyl (C=O) groups excluding carboxylic acids is 8. The van der Waals surface area contributed by atoms with E-state index in [1.807, 2.05) is 59.0 Å². The minimum atomic E-state index is -1.41. The molecule has 0 spiro atoms. The first-order valence-corrected chi connectivity index (χ1v) is 61.6. The molecule has 0 aliphatic heterocycles. The molecule has 0 heterocycles. The van der Waals surface area contributed by atoms with E-state index in [0.29, 0.717) is 22.6 Å². The van der Waals surface area contributed by atoms with Gasteiger partial charge in [-0.25, -0.2) is 14.4 Å². The molecule has 0 aliphatic rings. The Kier molecular flexibility index (Phi) is 54.5. The van der Waals surface area contributed by atoms with Gasteiger partial charge in [0.1, 0.15) is 6.61 Å². The fourth-order valence-corrected chi connectivity index (χ4v) is 33.5. The second-order valence-corrected chi connectivity index (χ2v) is 51.9. The Balaban J connectivity index is 0.000000172. The van der Waals surface area contributed by atoms with E-state index in [-0.39, 0.29) is 80.6 Å². The number of esters is 4. The van der Waals surface area contributed by atoms with Crippen LogP contribution in [0, 0.1) is 42.8 Å². The Morgan fingerprint density at radius 1 is 0.218 bits per heavy atom. The topological polar surface area (TPSA) is 266 Å². The number of carboxylic acid groups (broad SMARTS) is 4. The predicted octanol–water partition coefficient (Wildman–Crippen LogP) is 27.4. The van der Waals surface area contributed by atoms with Gasteiger partial charge in [0.25, 0.3) is 0 Å². The monoisotopic (exact) mass is 3370 g/mol. The first-order chi connectivity index (χ1) is 70.9. The second kappa shape index (κ2) is 65.9. The van der Waals surface area contributed by atoms with Crippen molar-refractivity contribution in [1.29, 1.82) is 0 Å². The first-order valence-electron chi connectivity index (χ1n) is 43.8. The van der Waals surface area contributed by atoms with Crippen molar-refractivity contribution in [3.63, 3.8) is 0 Å². The summed E-state index contributed by atoms with van der Waals surface area (Å²) in [6.07, 6.45) is -0.791. The second-order valence-electron chi connectivity index (χ2n) is 29.7. The number of carboxylic acids is 4. The molecule has 0 aliphatic carbocycles. The first kappa shape index (κ1) is 122. The summed E-state index contributed by atoms with van der Waals surface area (Å²) >= 11 is 25.2. The number of benzene rings is 17. The summed E-state index contributed by atoms with van der Waals surface area (Å²) in [6, 6.07) is 149. The zero-order chi connectivity index (χ0) is 106. The van der Waals surface area contributed by atoms with E-state index < -0.39 is 54.4 Å². The molecular weight excluding hydrogens is 3290 g/mol. The van der Waals surface area contributed by atoms with Crippen LogP contribution in [0.3, 0.4) is 0 Å². The van der Waals surface area contributed by atoms with Crippen molar-refractivity contribution in [1.82, 2.24) is 0 Å². The summed E-state index contributed by atoms with van der Waals surface area (Å²) in [5, 5.41) is 41.2. The molecule has 0 fully saturated rings. The molecule has 0 amide bonds. The zero-order valence-corrected chi connectivity index (χ0v) is 106. The Bertz CT molecular complexity index is 6230. The molecule has 0 radical (unpaired) electrons. The minimum absolute atomic E-state index is 0.0146. The number of aromatic carboxylic acids is 1. The van der Waals surface area contributed by atoms with Gasteiger partial charge in [0.05, 0.1) is 99.5 Å². The zero-order valence-electron chi connectivity index (χ0n) is 76.8. The van der Waals surface area contributed by atoms with Crippen LogP contribution in [0.1, 0.15) is 60.7 Å². The van der Waals surface area contributed by atoms with Crippen LogP contribution in [-0.4, -0.2) is 61.0 Å². The maximum atomic E-state index is 12.1. The van der Waals surface area contributed by atoms with Crippen LogP contribution in [0.2, 0.25) is 0 Å². The van der Waals surface area contributed by atoms with Gasteiger partial charge in [-0.2, -0.15) is 0 Å². The summed E-state index contributed by atoms with van der Waals surface area (Å²) < 4.78 is 30.6. The molecule has 32 heteroatoms. The number of halogens is 12. The van der Waals surface area contributed by atoms with Crippen molar-refractivity contribution < 1.29 is 77.7 Å². The van der Waals surface area contributed by atoms with Crippen molar-refractivity contribution in [3.8, 4) is 11.5 Å². The lowest BCUT2D eigenvalue weighted by molar-refractivity contribution is -0.309. The van der Waals surface area contributed by atoms with Gasteiger partial charge in [0.2, 0.25) is 0 Å². The summed E-state index contributed by atoms with van der Waals surface area (Å²) in [7, 11) is -0.0585. The Morgan fingerprint density at radius 2 is 0.429 bits per heavy atom. The molecule has 147 heavy (non-hydrogen) atoms. The lowest BCUT2D eigenvalue weighted by Gasteiger charge is -2.10. The highest BCUT2D eigenvalue weighted by Crippen LogP contribution is 2.38. The van der Waals surface area contributed by atoms with Crippen LogP contribution in [0.4, 0.5) is 0 Å². The molecule has 0 atom stereocenters. The predicted molar refractivity (Wildman–Crippen MR) is 675 cm³/mol. The third-order valence-electron chi connectivity index (χ3n) is 19.3. The van der Waals surface area contributed by atoms with Crippen molar-refractivity contribution in [3.05, 3.63) is 502 Å². The summed E-state index contributed by atoms with van der Waals surface area (Å²) in [4.78, 5) is 104. The highest BCUT2D eigenvalue weighted by Gasteiger charge is 2.33. The third kappa shape index (κ3) is 41.2. The van der Waals surface area contributed by atoms with Gasteiger partial charge < -0.3 is 58.6 Å². The van der Waals surface area contributed by atoms with E-state index >= 15 is 0 Å². The average molecular weight is 3370 g/mol. The number of rotatable bonds is 26. The normalized spacial score (nSPS) is 10.3. The SMILES string of the molecule is O=C([O-])CCC(=O)Oc1c(I)cc(I)cc1I.O=C([O-])CCOC(=O)c1cc(I)cc(I)c1I.O=C([O-])COC(=O)c1cc(I)cc(I)c1I.O=C([O-])c1ccc(C(=O)Oc2c(I)cc(I)cc2I)cc1.c1ccc([S+](c2ccccc2)c2ccccc2)cc1.c1ccc([S+](c2ccccc2)c2ccccc2)cc1.c1ccc([S+](c2ccccc2)c2ccccc2)cc1.c1ccc([S+](c2ccccc2)c2ccccc2)cc1. The molecule has 0 unspecified atom stereocenters. The van der Waals surface area contributed by atoms with Crippen molar-refractivity contribution in [2.45, 2.75) is 78.0 Å². The van der Waals surface area contributed by atoms with Gasteiger partial charge in [0.15, 0.2) is 70.2 Å². The molecule has 17 rings (SSSR count). The van der Waals surface area contributed by atoms with Gasteiger partial charge in [-0.1, -0.05) is 231 Å². The van der Waals surface area contributed by atoms with Gasteiger partial charge >= 0.3 is 23.9 Å². The van der Waals surface area contributed by atoms with Gasteiger partial charge in [-0.3, -0.25) is 4.79 Å². The Morgan fingerprint density at radius 3 is 0.653 bits per heavy atom. The number of hydrogen-bond donors (Lipinski definition) is 0. The van der Waals surface area contributed by atoms with Crippen molar-refractivity contribution in [2.24, 2.45) is 0 Å². The van der Waals surface area contributed by atoms with Crippen LogP contribution in [0.25, 0.3) is 0 Å². The van der Waals surface area contributed by atoms with E-state index in [0.717, 1.165) is 42.8 Å². The Hall–Kier alpha value is -7.34. The van der Waals surface area contributed by atoms with Crippen LogP contribution in [-0.2, 0) is 72.2 Å². The number of ether oxygens (including phenoxy) is 4. The maximum Gasteiger partial charge on any atom is 0.343 e. The third-order valence-corrected chi connectivity index (χ3v) is 40.0. The molecule has 0 saturated heterocycles. The van der Waals surface area contributed by atoms with Crippen LogP contribution < -0.4 is 29.9 Å². The smallest absolute Gasteiger partial charge is 0.343 e. The summed E-state index contributed by atoms with van der Waals surface area (Å²) in [6.45, 7) is -0.893. The number of hydrogen-bond acceptors (Lipinski definition) is 16. The number of carbonyl (C=O) groups is 8. The van der Waals surface area contributed by atoms with E-state index in [1.54, 1.807) is 12.1 Å². The average Bonchev–Trinajstić information content (AvgIpc) is 0.819. The van der Waals surface area contributed by atoms with E-state index in [2.05, 4.69) is 617 Å². The lowest BCUT2D eigenvalue weighted by atomic mass is 10.1. The number of aliphatic carboxylic acids is 3. The van der Waals surface area contributed by atoms with Gasteiger partial charge in [0, 0.05) is 46.9 Å². The fraction of sp³-hybridized carbons (Fsp3) is 0.0435. The summed E-state index contributed by atoms with van der Waals surface area (Å²) in [5.74, 6) is -6.44. The van der Waals surface area contributed by atoms with E-state index in [1.165, 1.54) is 83.0 Å². The Labute approximate surface area is 1030 Å². The fourth-order valence-electron chi connectivity index (χ4n) is 12.7. The lowest BCUT2D eigenvalue weighted by Crippen LogP contribution is -2.29. The van der Waals surface area contributed by atoms with Gasteiger partial charge in [-0.15, -0.1) is 0 Å². The molecule has 17 aromatic rings. The highest BCUT2D eigenvalue weighted by atomic mass is 127. The maximum absolute atomic E-state index is 12.1. The van der Waals surface area contributed by atoms with Crippen molar-refractivity contribution in [2.75, 3.05) is 13.2 Å². The van der Waals surface area contributed by atoms with E-state index in [9.17, 15) is 58.8 Å². The van der Waals surface area contributed by atoms with Crippen LogP contribution >= 0.6 is 271 Å². The standard InChI is InChI=1S/4C18H15S.C14H7I3O4.2C10H7I3O4.C9H5I3O4/c4*1-4-10-16(11-5-1)19(17-12-6-2-7-13-17)18-14-8-3-9-15-18;15-9-5-10(16)12(11(17)6-9)21-14(20)8-3-1-7(2-4-8)13(18)19;11-5-3-6(9(13)7(12)4-5)10(16)17-2-1-8(14)15;11-5-3-6(12)10(7(13)4-5)17-9(16)2-1-8(14)15;10-4-1-5(8(12)6(11)2-4)9(15)16-3-7(13)14/h4*1-15H;1-6H,(H,18,19);2*3-4H,1-2H2,(H,14,15);1-2H,3H2,(H,13,14)/q4*+1;;;;/p-4. The molecule has 17 aromatic carbocycles. The van der Waals surface area contributed by atoms with Crippen LogP contribution in [0.5, 0.6) is 11.5 Å². The molecular formula is C115H82I12O16S4. The molecule has 746 valence electrons. The van der Waals surface area contributed by atoms with Gasteiger partial charge in [-0.05, 0) is 489 Å². The molecule has 0 bridgehead atoms.